The van der Waals surface area contributed by atoms with E-state index < -0.39 is 0 Å². The van der Waals surface area contributed by atoms with E-state index in [1.807, 2.05) is 56.3 Å². The van der Waals surface area contributed by atoms with Crippen molar-refractivity contribution in [2.24, 2.45) is 0 Å². The van der Waals surface area contributed by atoms with Crippen molar-refractivity contribution in [1.82, 2.24) is 0 Å². The summed E-state index contributed by atoms with van der Waals surface area (Å²) in [6.07, 6.45) is 0. The first-order chi connectivity index (χ1) is 12.6. The summed E-state index contributed by atoms with van der Waals surface area (Å²) in [5.41, 5.74) is 3.44. The second kappa shape index (κ2) is 7.89. The Hall–Kier alpha value is -3.05. The number of carbonyl (C=O) groups is 1. The first-order valence-corrected chi connectivity index (χ1v) is 8.35. The average molecular weight is 351 g/mol. The topological polar surface area (TPSA) is 71.7 Å². The number of hydrogen-bond acceptors (Lipinski definition) is 4. The van der Waals surface area contributed by atoms with Gasteiger partial charge in [-0.2, -0.15) is 0 Å². The van der Waals surface area contributed by atoms with Crippen molar-refractivity contribution < 1.29 is 19.1 Å². The van der Waals surface area contributed by atoms with E-state index in [9.17, 15) is 4.79 Å². The van der Waals surface area contributed by atoms with Crippen LogP contribution in [0.1, 0.15) is 16.9 Å². The number of amides is 1. The highest BCUT2D eigenvalue weighted by atomic mass is 16.5. The van der Waals surface area contributed by atoms with Gasteiger partial charge in [0.2, 0.25) is 0 Å². The Bertz CT molecular complexity index is 914. The molecule has 0 aliphatic carbocycles. The van der Waals surface area contributed by atoms with Crippen LogP contribution < -0.4 is 10.1 Å². The quantitative estimate of drug-likeness (QED) is 0.702. The Kier molecular flexibility index (Phi) is 5.39. The number of carbonyl (C=O) groups excluding carboxylic acids is 1. The standard InChI is InChI=1S/C21H21NO4/c1-14-7-8-16(20-10-9-17(12-23)26-20)11-18(14)22-21(24)13-25-19-6-4-3-5-15(19)2/h3-11,23H,12-13H2,1-2H3,(H,22,24). The molecule has 0 bridgehead atoms. The monoisotopic (exact) mass is 351 g/mol. The summed E-state index contributed by atoms with van der Waals surface area (Å²) in [6, 6.07) is 16.8. The largest absolute Gasteiger partial charge is 0.483 e. The molecular formula is C21H21NO4. The molecular weight excluding hydrogens is 330 g/mol. The molecule has 0 fully saturated rings. The fraction of sp³-hybridized carbons (Fsp3) is 0.190. The number of rotatable bonds is 6. The molecule has 0 radical (unpaired) electrons. The number of aliphatic hydroxyl groups is 1. The zero-order valence-corrected chi connectivity index (χ0v) is 14.8. The summed E-state index contributed by atoms with van der Waals surface area (Å²) >= 11 is 0. The first kappa shape index (κ1) is 17.8. The highest BCUT2D eigenvalue weighted by molar-refractivity contribution is 5.93. The number of aliphatic hydroxyl groups excluding tert-OH is 1. The molecule has 3 aromatic rings. The highest BCUT2D eigenvalue weighted by Crippen LogP contribution is 2.27. The van der Waals surface area contributed by atoms with Gasteiger partial charge in [-0.1, -0.05) is 30.3 Å². The molecule has 0 unspecified atom stereocenters. The molecule has 0 aliphatic rings. The maximum atomic E-state index is 12.3. The molecule has 3 rings (SSSR count). The van der Waals surface area contributed by atoms with Gasteiger partial charge in [0.25, 0.3) is 5.91 Å². The molecule has 5 nitrogen and oxygen atoms in total. The fourth-order valence-corrected chi connectivity index (χ4v) is 2.58. The molecule has 2 aromatic carbocycles. The van der Waals surface area contributed by atoms with Crippen LogP contribution in [0.5, 0.6) is 5.75 Å². The number of benzene rings is 2. The van der Waals surface area contributed by atoms with E-state index in [4.69, 9.17) is 14.3 Å². The minimum absolute atomic E-state index is 0.0655. The lowest BCUT2D eigenvalue weighted by Crippen LogP contribution is -2.20. The van der Waals surface area contributed by atoms with Crippen molar-refractivity contribution in [2.75, 3.05) is 11.9 Å². The number of para-hydroxylation sites is 1. The third-order valence-electron chi connectivity index (χ3n) is 4.07. The van der Waals surface area contributed by atoms with Crippen LogP contribution in [0.15, 0.2) is 59.0 Å². The minimum atomic E-state index is -0.232. The van der Waals surface area contributed by atoms with Gasteiger partial charge in [-0.05, 0) is 49.2 Å². The van der Waals surface area contributed by atoms with Gasteiger partial charge in [0.05, 0.1) is 0 Å². The maximum absolute atomic E-state index is 12.3. The van der Waals surface area contributed by atoms with E-state index in [0.717, 1.165) is 16.7 Å². The van der Waals surface area contributed by atoms with Crippen LogP contribution in [0.4, 0.5) is 5.69 Å². The molecule has 0 spiro atoms. The Morgan fingerprint density at radius 1 is 1.08 bits per heavy atom. The van der Waals surface area contributed by atoms with E-state index in [1.54, 1.807) is 12.1 Å². The van der Waals surface area contributed by atoms with Crippen molar-refractivity contribution in [3.63, 3.8) is 0 Å². The van der Waals surface area contributed by atoms with Crippen molar-refractivity contribution in [1.29, 1.82) is 0 Å². The summed E-state index contributed by atoms with van der Waals surface area (Å²) in [7, 11) is 0. The van der Waals surface area contributed by atoms with E-state index >= 15 is 0 Å². The van der Waals surface area contributed by atoms with Gasteiger partial charge in [0, 0.05) is 11.3 Å². The number of nitrogens with one attached hydrogen (secondary N) is 1. The van der Waals surface area contributed by atoms with Crippen LogP contribution in [0, 0.1) is 13.8 Å². The molecule has 134 valence electrons. The van der Waals surface area contributed by atoms with E-state index in [0.29, 0.717) is 23.0 Å². The smallest absolute Gasteiger partial charge is 0.262 e. The normalized spacial score (nSPS) is 10.6. The van der Waals surface area contributed by atoms with Crippen molar-refractivity contribution in [2.45, 2.75) is 20.5 Å². The van der Waals surface area contributed by atoms with E-state index in [2.05, 4.69) is 5.32 Å². The van der Waals surface area contributed by atoms with Crippen molar-refractivity contribution in [3.05, 3.63) is 71.5 Å². The lowest BCUT2D eigenvalue weighted by atomic mass is 10.1. The maximum Gasteiger partial charge on any atom is 0.262 e. The van der Waals surface area contributed by atoms with Crippen LogP contribution in [-0.4, -0.2) is 17.6 Å². The Balaban J connectivity index is 1.69. The summed E-state index contributed by atoms with van der Waals surface area (Å²) in [6.45, 7) is 3.64. The molecule has 5 heteroatoms. The van der Waals surface area contributed by atoms with Gasteiger partial charge in [-0.15, -0.1) is 0 Å². The molecule has 26 heavy (non-hydrogen) atoms. The zero-order chi connectivity index (χ0) is 18.5. The zero-order valence-electron chi connectivity index (χ0n) is 14.8. The van der Waals surface area contributed by atoms with Gasteiger partial charge in [-0.25, -0.2) is 0 Å². The van der Waals surface area contributed by atoms with Gasteiger partial charge in [0.1, 0.15) is 23.9 Å². The third kappa shape index (κ3) is 4.13. The predicted molar refractivity (Wildman–Crippen MR) is 100 cm³/mol. The molecule has 0 saturated carbocycles. The second-order valence-corrected chi connectivity index (χ2v) is 6.06. The third-order valence-corrected chi connectivity index (χ3v) is 4.07. The van der Waals surface area contributed by atoms with Gasteiger partial charge in [0.15, 0.2) is 6.61 Å². The molecule has 1 heterocycles. The van der Waals surface area contributed by atoms with E-state index in [1.165, 1.54) is 0 Å². The van der Waals surface area contributed by atoms with Crippen molar-refractivity contribution >= 4 is 11.6 Å². The van der Waals surface area contributed by atoms with Crippen molar-refractivity contribution in [3.8, 4) is 17.1 Å². The molecule has 2 N–H and O–H groups in total. The van der Waals surface area contributed by atoms with Gasteiger partial charge < -0.3 is 19.6 Å². The summed E-state index contributed by atoms with van der Waals surface area (Å²) in [4.78, 5) is 12.3. The number of hydrogen-bond donors (Lipinski definition) is 2. The Morgan fingerprint density at radius 3 is 2.62 bits per heavy atom. The molecule has 0 aliphatic heterocycles. The van der Waals surface area contributed by atoms with Crippen LogP contribution in [0.25, 0.3) is 11.3 Å². The molecule has 0 saturated heterocycles. The van der Waals surface area contributed by atoms with Crippen LogP contribution in [0.3, 0.4) is 0 Å². The van der Waals surface area contributed by atoms with Crippen LogP contribution in [0.2, 0.25) is 0 Å². The molecule has 1 aromatic heterocycles. The molecule has 1 amide bonds. The second-order valence-electron chi connectivity index (χ2n) is 6.06. The van der Waals surface area contributed by atoms with Crippen LogP contribution >= 0.6 is 0 Å². The highest BCUT2D eigenvalue weighted by Gasteiger charge is 2.10. The number of anilines is 1. The lowest BCUT2D eigenvalue weighted by molar-refractivity contribution is -0.118. The summed E-state index contributed by atoms with van der Waals surface area (Å²) in [5, 5.41) is 12.0. The lowest BCUT2D eigenvalue weighted by Gasteiger charge is -2.12. The number of ether oxygens (including phenoxy) is 1. The fourth-order valence-electron chi connectivity index (χ4n) is 2.58. The van der Waals surface area contributed by atoms with Crippen LogP contribution in [-0.2, 0) is 11.4 Å². The Morgan fingerprint density at radius 2 is 1.88 bits per heavy atom. The van der Waals surface area contributed by atoms with E-state index in [-0.39, 0.29) is 19.1 Å². The predicted octanol–water partition coefficient (Wildman–Crippen LogP) is 4.07. The average Bonchev–Trinajstić information content (AvgIpc) is 3.12. The Labute approximate surface area is 152 Å². The SMILES string of the molecule is Cc1ccc(-c2ccc(CO)o2)cc1NC(=O)COc1ccccc1C. The van der Waals surface area contributed by atoms with Gasteiger partial charge >= 0.3 is 0 Å². The first-order valence-electron chi connectivity index (χ1n) is 8.35. The number of furan rings is 1. The summed E-state index contributed by atoms with van der Waals surface area (Å²) in [5.74, 6) is 1.60. The summed E-state index contributed by atoms with van der Waals surface area (Å²) < 4.78 is 11.1. The molecule has 0 atom stereocenters. The van der Waals surface area contributed by atoms with Gasteiger partial charge in [-0.3, -0.25) is 4.79 Å². The number of aryl methyl sites for hydroxylation is 2. The minimum Gasteiger partial charge on any atom is -0.483 e.